The molecule has 1 aliphatic heterocycles. The third-order valence-electron chi connectivity index (χ3n) is 4.11. The van der Waals surface area contributed by atoms with Crippen LogP contribution in [0.4, 0.5) is 0 Å². The molecule has 1 aliphatic rings. The predicted molar refractivity (Wildman–Crippen MR) is 83.6 cm³/mol. The first-order chi connectivity index (χ1) is 10.7. The van der Waals surface area contributed by atoms with Crippen molar-refractivity contribution in [2.45, 2.75) is 25.7 Å². The van der Waals surface area contributed by atoms with Gasteiger partial charge in [0.15, 0.2) is 0 Å². The summed E-state index contributed by atoms with van der Waals surface area (Å²) in [5.41, 5.74) is 3.21. The maximum Gasteiger partial charge on any atom is 0.264 e. The molecule has 3 rings (SSSR count). The van der Waals surface area contributed by atoms with Gasteiger partial charge in [-0.05, 0) is 30.0 Å². The fourth-order valence-electron chi connectivity index (χ4n) is 2.82. The van der Waals surface area contributed by atoms with Crippen molar-refractivity contribution in [3.8, 4) is 0 Å². The molecular weight excluding hydrogens is 278 g/mol. The van der Waals surface area contributed by atoms with Crippen molar-refractivity contribution in [3.63, 3.8) is 0 Å². The molecule has 0 bridgehead atoms. The van der Waals surface area contributed by atoms with E-state index in [9.17, 15) is 9.59 Å². The highest BCUT2D eigenvalue weighted by Gasteiger charge is 2.18. The van der Waals surface area contributed by atoms with Crippen molar-refractivity contribution in [1.29, 1.82) is 0 Å². The van der Waals surface area contributed by atoms with Crippen LogP contribution in [0.5, 0.6) is 0 Å². The van der Waals surface area contributed by atoms with Gasteiger partial charge in [0.05, 0.1) is 5.69 Å². The van der Waals surface area contributed by atoms with Gasteiger partial charge in [-0.2, -0.15) is 5.10 Å². The molecule has 1 aromatic carbocycles. The summed E-state index contributed by atoms with van der Waals surface area (Å²) in [6.07, 6.45) is 2.81. The molecule has 2 aromatic rings. The van der Waals surface area contributed by atoms with Gasteiger partial charge < -0.3 is 4.90 Å². The van der Waals surface area contributed by atoms with E-state index in [0.717, 1.165) is 31.6 Å². The minimum atomic E-state index is -0.222. The number of aryl methyl sites for hydroxylation is 1. The van der Waals surface area contributed by atoms with Crippen molar-refractivity contribution >= 4 is 5.91 Å². The van der Waals surface area contributed by atoms with Crippen molar-refractivity contribution in [1.82, 2.24) is 15.1 Å². The summed E-state index contributed by atoms with van der Waals surface area (Å²) in [7, 11) is 0. The van der Waals surface area contributed by atoms with Crippen LogP contribution in [0.15, 0.2) is 41.2 Å². The molecule has 5 heteroatoms. The Kier molecular flexibility index (Phi) is 4.32. The molecule has 1 N–H and O–H groups in total. The number of benzene rings is 1. The number of fused-ring (bicyclic) bond motifs is 1. The summed E-state index contributed by atoms with van der Waals surface area (Å²) < 4.78 is 0. The van der Waals surface area contributed by atoms with Gasteiger partial charge in [0.2, 0.25) is 5.91 Å². The maximum atomic E-state index is 12.4. The van der Waals surface area contributed by atoms with E-state index in [1.54, 1.807) is 6.07 Å². The van der Waals surface area contributed by atoms with Crippen LogP contribution in [-0.4, -0.2) is 34.1 Å². The van der Waals surface area contributed by atoms with E-state index in [4.69, 9.17) is 0 Å². The summed E-state index contributed by atoms with van der Waals surface area (Å²) in [6.45, 7) is 1.55. The number of aromatic nitrogens is 2. The Morgan fingerprint density at radius 2 is 1.77 bits per heavy atom. The molecule has 2 heterocycles. The second-order valence-electron chi connectivity index (χ2n) is 5.56. The first kappa shape index (κ1) is 14.5. The molecule has 22 heavy (non-hydrogen) atoms. The molecule has 1 aromatic heterocycles. The van der Waals surface area contributed by atoms with Gasteiger partial charge in [0.1, 0.15) is 0 Å². The van der Waals surface area contributed by atoms with E-state index in [1.165, 1.54) is 17.2 Å². The van der Waals surface area contributed by atoms with Crippen LogP contribution in [0.1, 0.15) is 23.2 Å². The van der Waals surface area contributed by atoms with Crippen LogP contribution in [-0.2, 0) is 24.1 Å². The standard InChI is InChI=1S/C17H19N3O2/c21-16-7-5-15(18-19-16)6-8-17(22)20-11-9-13-3-1-2-4-14(13)10-12-20/h1-5,7H,6,8-12H2,(H,19,21). The molecule has 0 spiro atoms. The van der Waals surface area contributed by atoms with Crippen LogP contribution in [0, 0.1) is 0 Å². The van der Waals surface area contributed by atoms with E-state index in [-0.39, 0.29) is 11.5 Å². The largest absolute Gasteiger partial charge is 0.342 e. The number of hydrogen-bond acceptors (Lipinski definition) is 3. The van der Waals surface area contributed by atoms with Crippen LogP contribution in [0.2, 0.25) is 0 Å². The van der Waals surface area contributed by atoms with Crippen molar-refractivity contribution in [3.05, 3.63) is 63.6 Å². The normalized spacial score (nSPS) is 14.3. The Balaban J connectivity index is 1.57. The Hall–Kier alpha value is -2.43. The van der Waals surface area contributed by atoms with Crippen molar-refractivity contribution < 1.29 is 4.79 Å². The zero-order chi connectivity index (χ0) is 15.4. The lowest BCUT2D eigenvalue weighted by Gasteiger charge is -2.20. The molecule has 0 unspecified atom stereocenters. The van der Waals surface area contributed by atoms with Crippen molar-refractivity contribution in [2.75, 3.05) is 13.1 Å². The lowest BCUT2D eigenvalue weighted by Crippen LogP contribution is -2.33. The average Bonchev–Trinajstić information content (AvgIpc) is 2.77. The molecule has 0 fully saturated rings. The van der Waals surface area contributed by atoms with Crippen LogP contribution in [0.25, 0.3) is 0 Å². The summed E-state index contributed by atoms with van der Waals surface area (Å²) in [5.74, 6) is 0.154. The SMILES string of the molecule is O=C(CCc1ccc(=O)[nH]n1)N1CCc2ccccc2CC1. The minimum Gasteiger partial charge on any atom is -0.342 e. The first-order valence-corrected chi connectivity index (χ1v) is 7.61. The van der Waals surface area contributed by atoms with Gasteiger partial charge in [-0.1, -0.05) is 24.3 Å². The Bertz CT molecular complexity index is 676. The highest BCUT2D eigenvalue weighted by Crippen LogP contribution is 2.16. The maximum absolute atomic E-state index is 12.4. The van der Waals surface area contributed by atoms with Gasteiger partial charge in [-0.25, -0.2) is 5.10 Å². The van der Waals surface area contributed by atoms with E-state index in [1.807, 2.05) is 4.90 Å². The molecule has 0 saturated carbocycles. The third kappa shape index (κ3) is 3.42. The van der Waals surface area contributed by atoms with Gasteiger partial charge >= 0.3 is 0 Å². The van der Waals surface area contributed by atoms with E-state index in [2.05, 4.69) is 34.5 Å². The van der Waals surface area contributed by atoms with Gasteiger partial charge in [0, 0.05) is 32.0 Å². The second kappa shape index (κ2) is 6.56. The number of nitrogens with zero attached hydrogens (tertiary/aromatic N) is 2. The lowest BCUT2D eigenvalue weighted by molar-refractivity contribution is -0.131. The third-order valence-corrected chi connectivity index (χ3v) is 4.11. The summed E-state index contributed by atoms with van der Waals surface area (Å²) >= 11 is 0. The molecule has 5 nitrogen and oxygen atoms in total. The Labute approximate surface area is 129 Å². The number of amides is 1. The quantitative estimate of drug-likeness (QED) is 0.929. The number of H-pyrrole nitrogens is 1. The number of aromatic amines is 1. The number of nitrogens with one attached hydrogen (secondary N) is 1. The van der Waals surface area contributed by atoms with Crippen LogP contribution in [0.3, 0.4) is 0 Å². The number of carbonyl (C=O) groups is 1. The van der Waals surface area contributed by atoms with Gasteiger partial charge in [0.25, 0.3) is 5.56 Å². The van der Waals surface area contributed by atoms with E-state index < -0.39 is 0 Å². The highest BCUT2D eigenvalue weighted by molar-refractivity contribution is 5.76. The molecular formula is C17H19N3O2. The van der Waals surface area contributed by atoms with E-state index in [0.29, 0.717) is 12.8 Å². The molecule has 0 radical (unpaired) electrons. The van der Waals surface area contributed by atoms with Crippen LogP contribution >= 0.6 is 0 Å². The minimum absolute atomic E-state index is 0.154. The summed E-state index contributed by atoms with van der Waals surface area (Å²) in [4.78, 5) is 25.3. The molecule has 1 amide bonds. The van der Waals surface area contributed by atoms with Gasteiger partial charge in [-0.3, -0.25) is 9.59 Å². The number of hydrogen-bond donors (Lipinski definition) is 1. The average molecular weight is 297 g/mol. The second-order valence-corrected chi connectivity index (χ2v) is 5.56. The molecule has 0 saturated heterocycles. The lowest BCUT2D eigenvalue weighted by atomic mass is 10.0. The topological polar surface area (TPSA) is 66.1 Å². The smallest absolute Gasteiger partial charge is 0.264 e. The Morgan fingerprint density at radius 3 is 2.36 bits per heavy atom. The molecule has 0 aliphatic carbocycles. The summed E-state index contributed by atoms with van der Waals surface area (Å²) in [6, 6.07) is 11.5. The van der Waals surface area contributed by atoms with E-state index >= 15 is 0 Å². The Morgan fingerprint density at radius 1 is 1.09 bits per heavy atom. The van der Waals surface area contributed by atoms with Crippen LogP contribution < -0.4 is 5.56 Å². The zero-order valence-electron chi connectivity index (χ0n) is 12.4. The fraction of sp³-hybridized carbons (Fsp3) is 0.353. The predicted octanol–water partition coefficient (Wildman–Crippen LogP) is 1.33. The fourth-order valence-corrected chi connectivity index (χ4v) is 2.82. The number of rotatable bonds is 3. The molecule has 0 atom stereocenters. The van der Waals surface area contributed by atoms with Gasteiger partial charge in [-0.15, -0.1) is 0 Å². The highest BCUT2D eigenvalue weighted by atomic mass is 16.2. The zero-order valence-corrected chi connectivity index (χ0v) is 12.4. The number of carbonyl (C=O) groups excluding carboxylic acids is 1. The molecule has 114 valence electrons. The monoisotopic (exact) mass is 297 g/mol. The van der Waals surface area contributed by atoms with Crippen molar-refractivity contribution in [2.24, 2.45) is 0 Å². The summed E-state index contributed by atoms with van der Waals surface area (Å²) in [5, 5.41) is 6.33. The first-order valence-electron chi connectivity index (χ1n) is 7.61.